The highest BCUT2D eigenvalue weighted by atomic mass is 32.2. The normalized spacial score (nSPS) is 14.5. The number of nitrogens with one attached hydrogen (secondary N) is 1. The Kier molecular flexibility index (Phi) is 7.74. The highest BCUT2D eigenvalue weighted by molar-refractivity contribution is 8.18. The third-order valence-electron chi connectivity index (χ3n) is 5.34. The standard InChI is InChI=1S/C26H25N3O6S/c1-3-34-19-11-9-18(10-12-19)27-23(30)15-29-25(32)22(36-26(29)33)13-17-14-28(16-24(31)35-4-2)21-8-6-5-7-20(17)21/h5-14H,3-4,15-16H2,1-2H3,(H,27,30). The van der Waals surface area contributed by atoms with E-state index in [0.717, 1.165) is 27.6 Å². The number of carbonyl (C=O) groups excluding carboxylic acids is 4. The molecule has 2 heterocycles. The number of hydrogen-bond donors (Lipinski definition) is 1. The van der Waals surface area contributed by atoms with Crippen LogP contribution in [0.25, 0.3) is 17.0 Å². The number of benzene rings is 2. The molecule has 0 saturated carbocycles. The molecule has 0 atom stereocenters. The van der Waals surface area contributed by atoms with Crippen molar-refractivity contribution < 1.29 is 28.7 Å². The molecule has 0 unspecified atom stereocenters. The molecule has 0 radical (unpaired) electrons. The Hall–Kier alpha value is -4.05. The third-order valence-corrected chi connectivity index (χ3v) is 6.24. The Balaban J connectivity index is 1.49. The lowest BCUT2D eigenvalue weighted by atomic mass is 10.1. The van der Waals surface area contributed by atoms with Gasteiger partial charge in [0.1, 0.15) is 18.8 Å². The molecule has 1 N–H and O–H groups in total. The van der Waals surface area contributed by atoms with Gasteiger partial charge in [-0.3, -0.25) is 24.1 Å². The SMILES string of the molecule is CCOC(=O)Cn1cc(C=C2SC(=O)N(CC(=O)Nc3ccc(OCC)cc3)C2=O)c2ccccc21. The fourth-order valence-electron chi connectivity index (χ4n) is 3.79. The van der Waals surface area contributed by atoms with Crippen molar-refractivity contribution in [2.45, 2.75) is 20.4 Å². The summed E-state index contributed by atoms with van der Waals surface area (Å²) in [7, 11) is 0. The average molecular weight is 508 g/mol. The van der Waals surface area contributed by atoms with Crippen molar-refractivity contribution >= 4 is 57.5 Å². The van der Waals surface area contributed by atoms with Gasteiger partial charge in [0.2, 0.25) is 5.91 Å². The van der Waals surface area contributed by atoms with Crippen LogP contribution in [-0.2, 0) is 25.7 Å². The fourth-order valence-corrected chi connectivity index (χ4v) is 4.62. The summed E-state index contributed by atoms with van der Waals surface area (Å²) in [5.74, 6) is -0.735. The molecule has 36 heavy (non-hydrogen) atoms. The van der Waals surface area contributed by atoms with Gasteiger partial charge in [-0.15, -0.1) is 0 Å². The maximum absolute atomic E-state index is 13.0. The van der Waals surface area contributed by atoms with Crippen LogP contribution in [0.1, 0.15) is 19.4 Å². The lowest BCUT2D eigenvalue weighted by molar-refractivity contribution is -0.143. The first kappa shape index (κ1) is 25.1. The number of thioether (sulfide) groups is 1. The van der Waals surface area contributed by atoms with E-state index in [1.807, 2.05) is 31.2 Å². The summed E-state index contributed by atoms with van der Waals surface area (Å²) in [4.78, 5) is 51.1. The second-order valence-corrected chi connectivity index (χ2v) is 8.80. The Morgan fingerprint density at radius 1 is 1.00 bits per heavy atom. The summed E-state index contributed by atoms with van der Waals surface area (Å²) in [5, 5.41) is 2.98. The van der Waals surface area contributed by atoms with Crippen molar-refractivity contribution in [2.75, 3.05) is 25.1 Å². The molecule has 3 aromatic rings. The van der Waals surface area contributed by atoms with Crippen LogP contribution in [0.5, 0.6) is 5.75 Å². The molecule has 1 aromatic heterocycles. The molecule has 2 aromatic carbocycles. The van der Waals surface area contributed by atoms with Gasteiger partial charge < -0.3 is 19.4 Å². The number of fused-ring (bicyclic) bond motifs is 1. The van der Waals surface area contributed by atoms with Crippen molar-refractivity contribution in [2.24, 2.45) is 0 Å². The second-order valence-electron chi connectivity index (χ2n) is 7.81. The van der Waals surface area contributed by atoms with Gasteiger partial charge in [-0.2, -0.15) is 0 Å². The monoisotopic (exact) mass is 507 g/mol. The van der Waals surface area contributed by atoms with Crippen molar-refractivity contribution in [3.05, 3.63) is 65.2 Å². The number of hydrogen-bond acceptors (Lipinski definition) is 7. The Morgan fingerprint density at radius 3 is 2.47 bits per heavy atom. The Labute approximate surface area is 212 Å². The zero-order valence-electron chi connectivity index (χ0n) is 19.9. The van der Waals surface area contributed by atoms with Gasteiger partial charge in [-0.1, -0.05) is 18.2 Å². The van der Waals surface area contributed by atoms with Crippen molar-refractivity contribution in [3.8, 4) is 5.75 Å². The van der Waals surface area contributed by atoms with Gasteiger partial charge in [-0.05, 0) is 62.0 Å². The van der Waals surface area contributed by atoms with E-state index in [-0.39, 0.29) is 24.0 Å². The summed E-state index contributed by atoms with van der Waals surface area (Å²) in [6.45, 7) is 4.05. The van der Waals surface area contributed by atoms with E-state index in [0.29, 0.717) is 23.6 Å². The molecule has 10 heteroatoms. The van der Waals surface area contributed by atoms with E-state index in [1.54, 1.807) is 48.0 Å². The van der Waals surface area contributed by atoms with Gasteiger partial charge in [0, 0.05) is 28.4 Å². The van der Waals surface area contributed by atoms with Gasteiger partial charge in [0.25, 0.3) is 11.1 Å². The van der Waals surface area contributed by atoms with Crippen molar-refractivity contribution in [3.63, 3.8) is 0 Å². The molecule has 1 aliphatic rings. The topological polar surface area (TPSA) is 107 Å². The molecular formula is C26H25N3O6S. The summed E-state index contributed by atoms with van der Waals surface area (Å²) in [6.07, 6.45) is 3.35. The number of aromatic nitrogens is 1. The van der Waals surface area contributed by atoms with Crippen LogP contribution in [0, 0.1) is 0 Å². The minimum atomic E-state index is -0.547. The number of imide groups is 1. The predicted octanol–water partition coefficient (Wildman–Crippen LogP) is 4.28. The summed E-state index contributed by atoms with van der Waals surface area (Å²) in [5.41, 5.74) is 2.00. The molecular weight excluding hydrogens is 482 g/mol. The van der Waals surface area contributed by atoms with Crippen LogP contribution in [0.2, 0.25) is 0 Å². The van der Waals surface area contributed by atoms with Crippen LogP contribution in [-0.4, -0.2) is 52.2 Å². The fraction of sp³-hybridized carbons (Fsp3) is 0.231. The number of nitrogens with zero attached hydrogens (tertiary/aromatic N) is 2. The predicted molar refractivity (Wildman–Crippen MR) is 137 cm³/mol. The number of esters is 1. The largest absolute Gasteiger partial charge is 0.494 e. The Bertz CT molecular complexity index is 1350. The minimum Gasteiger partial charge on any atom is -0.494 e. The lowest BCUT2D eigenvalue weighted by Gasteiger charge is -2.12. The van der Waals surface area contributed by atoms with Gasteiger partial charge in [-0.25, -0.2) is 0 Å². The maximum Gasteiger partial charge on any atom is 0.325 e. The quantitative estimate of drug-likeness (QED) is 0.340. The molecule has 1 fully saturated rings. The highest BCUT2D eigenvalue weighted by Crippen LogP contribution is 2.34. The van der Waals surface area contributed by atoms with E-state index in [4.69, 9.17) is 9.47 Å². The number of para-hydroxylation sites is 1. The molecule has 4 rings (SSSR count). The molecule has 0 spiro atoms. The molecule has 3 amide bonds. The molecule has 1 saturated heterocycles. The number of anilines is 1. The second kappa shape index (κ2) is 11.1. The van der Waals surface area contributed by atoms with Crippen LogP contribution < -0.4 is 10.1 Å². The first-order valence-corrected chi connectivity index (χ1v) is 12.2. The van der Waals surface area contributed by atoms with E-state index >= 15 is 0 Å². The average Bonchev–Trinajstić information content (AvgIpc) is 3.32. The minimum absolute atomic E-state index is 0.0232. The first-order valence-electron chi connectivity index (χ1n) is 11.4. The number of amides is 3. The molecule has 1 aliphatic heterocycles. The third kappa shape index (κ3) is 5.60. The highest BCUT2D eigenvalue weighted by Gasteiger charge is 2.36. The number of carbonyl (C=O) groups is 4. The number of rotatable bonds is 9. The van der Waals surface area contributed by atoms with E-state index < -0.39 is 23.6 Å². The smallest absolute Gasteiger partial charge is 0.325 e. The van der Waals surface area contributed by atoms with Crippen LogP contribution >= 0.6 is 11.8 Å². The summed E-state index contributed by atoms with van der Waals surface area (Å²) >= 11 is 0.773. The van der Waals surface area contributed by atoms with Crippen LogP contribution in [0.15, 0.2) is 59.6 Å². The number of ether oxygens (including phenoxy) is 2. The lowest BCUT2D eigenvalue weighted by Crippen LogP contribution is -2.36. The van der Waals surface area contributed by atoms with Gasteiger partial charge in [0.15, 0.2) is 0 Å². The summed E-state index contributed by atoms with van der Waals surface area (Å²) in [6, 6.07) is 14.3. The zero-order valence-corrected chi connectivity index (χ0v) is 20.7. The molecule has 9 nitrogen and oxygen atoms in total. The zero-order chi connectivity index (χ0) is 25.7. The molecule has 0 bridgehead atoms. The van der Waals surface area contributed by atoms with Crippen LogP contribution in [0.4, 0.5) is 10.5 Å². The van der Waals surface area contributed by atoms with E-state index in [9.17, 15) is 19.2 Å². The van der Waals surface area contributed by atoms with Crippen molar-refractivity contribution in [1.29, 1.82) is 0 Å². The van der Waals surface area contributed by atoms with Gasteiger partial charge in [0.05, 0.1) is 18.1 Å². The van der Waals surface area contributed by atoms with Crippen molar-refractivity contribution in [1.82, 2.24) is 9.47 Å². The van der Waals surface area contributed by atoms with E-state index in [1.165, 1.54) is 0 Å². The molecule has 0 aliphatic carbocycles. The molecule has 186 valence electrons. The first-order chi connectivity index (χ1) is 17.4. The maximum atomic E-state index is 13.0. The Morgan fingerprint density at radius 2 is 1.75 bits per heavy atom. The van der Waals surface area contributed by atoms with E-state index in [2.05, 4.69) is 5.32 Å². The van der Waals surface area contributed by atoms with Gasteiger partial charge >= 0.3 is 5.97 Å². The van der Waals surface area contributed by atoms with Crippen LogP contribution in [0.3, 0.4) is 0 Å². The summed E-state index contributed by atoms with van der Waals surface area (Å²) < 4.78 is 12.2.